The molecule has 0 fully saturated rings. The van der Waals surface area contributed by atoms with E-state index in [1.54, 1.807) is 50.8 Å². The Labute approximate surface area is 236 Å². The smallest absolute Gasteiger partial charge is 0.471 e. The van der Waals surface area contributed by atoms with Crippen LogP contribution in [0.3, 0.4) is 0 Å². The van der Waals surface area contributed by atoms with Gasteiger partial charge in [0.05, 0.1) is 7.11 Å². The van der Waals surface area contributed by atoms with Crippen LogP contribution in [0.1, 0.15) is 5.69 Å². The first-order valence-electron chi connectivity index (χ1n) is 12.3. The van der Waals surface area contributed by atoms with Gasteiger partial charge in [0.1, 0.15) is 29.9 Å². The Morgan fingerprint density at radius 2 is 1.90 bits per heavy atom. The molecule has 0 bridgehead atoms. The number of nitrogens with zero attached hydrogens (tertiary/aromatic N) is 6. The maximum atomic E-state index is 12.8. The Kier molecular flexibility index (Phi) is 8.98. The van der Waals surface area contributed by atoms with Gasteiger partial charge < -0.3 is 28.9 Å². The summed E-state index contributed by atoms with van der Waals surface area (Å²) < 4.78 is 23.1. The molecule has 0 spiro atoms. The number of anilines is 1. The Bertz CT molecular complexity index is 1700. The highest BCUT2D eigenvalue weighted by atomic mass is 31.2. The van der Waals surface area contributed by atoms with Crippen LogP contribution in [-0.4, -0.2) is 69.9 Å². The SMILES string of the molecule is COc1cc(-c2cnc3c(c2)c(-c2ccnc(C#N)c2)cn3COP(=O)(O)O)cc(N(C)C(=O)C=CCN(C)C)c1. The molecule has 41 heavy (non-hydrogen) atoms. The number of hydrogen-bond acceptors (Lipinski definition) is 8. The number of hydrogen-bond donors (Lipinski definition) is 2. The quantitative estimate of drug-likeness (QED) is 0.210. The standard InChI is InChI=1S/C28H29N6O6P/c1-32(2)9-5-6-27(35)33(3)23-11-20(12-24(14-23)39-4)21-13-25-26(19-7-8-30-22(10-19)15-29)17-34(28(25)31-16-21)18-40-41(36,37)38/h5-8,10-14,16-17H,9,18H2,1-4H3,(H2,36,37,38). The minimum atomic E-state index is -4.74. The summed E-state index contributed by atoms with van der Waals surface area (Å²) in [6.45, 7) is 0.185. The fourth-order valence-corrected chi connectivity index (χ4v) is 4.39. The highest BCUT2D eigenvalue weighted by Crippen LogP contribution is 2.39. The van der Waals surface area contributed by atoms with Gasteiger partial charge in [0.15, 0.2) is 0 Å². The van der Waals surface area contributed by atoms with Crippen molar-refractivity contribution in [1.82, 2.24) is 19.4 Å². The number of methoxy groups -OCH3 is 1. The summed E-state index contributed by atoms with van der Waals surface area (Å²) in [4.78, 5) is 43.3. The van der Waals surface area contributed by atoms with Gasteiger partial charge in [-0.25, -0.2) is 14.5 Å². The number of amides is 1. The van der Waals surface area contributed by atoms with Crippen LogP contribution in [0.15, 0.2) is 67.1 Å². The van der Waals surface area contributed by atoms with Gasteiger partial charge in [-0.2, -0.15) is 5.26 Å². The largest absolute Gasteiger partial charge is 0.497 e. The summed E-state index contributed by atoms with van der Waals surface area (Å²) in [5.74, 6) is 0.338. The Morgan fingerprint density at radius 3 is 2.59 bits per heavy atom. The Balaban J connectivity index is 1.81. The van der Waals surface area contributed by atoms with E-state index < -0.39 is 14.6 Å². The molecule has 0 aliphatic rings. The van der Waals surface area contributed by atoms with Gasteiger partial charge >= 0.3 is 7.82 Å². The second-order valence-corrected chi connectivity index (χ2v) is 10.6. The lowest BCUT2D eigenvalue weighted by Crippen LogP contribution is -2.24. The van der Waals surface area contributed by atoms with Crippen molar-refractivity contribution in [3.63, 3.8) is 0 Å². The average molecular weight is 577 g/mol. The molecule has 0 saturated heterocycles. The molecule has 212 valence electrons. The van der Waals surface area contributed by atoms with E-state index in [1.165, 1.54) is 21.7 Å². The number of likely N-dealkylation sites (N-methyl/N-ethyl adjacent to an activating group) is 2. The van der Waals surface area contributed by atoms with Crippen molar-refractivity contribution in [2.75, 3.05) is 39.7 Å². The predicted molar refractivity (Wildman–Crippen MR) is 154 cm³/mol. The van der Waals surface area contributed by atoms with Crippen LogP contribution in [-0.2, 0) is 20.6 Å². The van der Waals surface area contributed by atoms with Crippen molar-refractivity contribution < 1.29 is 28.4 Å². The van der Waals surface area contributed by atoms with Gasteiger partial charge in [0, 0.05) is 66.5 Å². The molecular weight excluding hydrogens is 547 g/mol. The third-order valence-electron chi connectivity index (χ3n) is 6.17. The third-order valence-corrected chi connectivity index (χ3v) is 6.63. The fourth-order valence-electron chi connectivity index (χ4n) is 4.12. The summed E-state index contributed by atoms with van der Waals surface area (Å²) in [7, 11) is 2.31. The molecule has 4 aromatic rings. The molecule has 0 aliphatic heterocycles. The summed E-state index contributed by atoms with van der Waals surface area (Å²) >= 11 is 0. The van der Waals surface area contributed by atoms with Gasteiger partial charge in [-0.1, -0.05) is 6.08 Å². The van der Waals surface area contributed by atoms with E-state index in [1.807, 2.05) is 43.3 Å². The monoisotopic (exact) mass is 576 g/mol. The van der Waals surface area contributed by atoms with Crippen molar-refractivity contribution in [2.45, 2.75) is 6.73 Å². The van der Waals surface area contributed by atoms with Crippen molar-refractivity contribution in [2.24, 2.45) is 0 Å². The fraction of sp³-hybridized carbons (Fsp3) is 0.214. The minimum Gasteiger partial charge on any atom is -0.497 e. The van der Waals surface area contributed by atoms with E-state index in [9.17, 15) is 24.4 Å². The molecule has 0 aliphatic carbocycles. The van der Waals surface area contributed by atoms with Crippen molar-refractivity contribution >= 4 is 30.5 Å². The zero-order valence-electron chi connectivity index (χ0n) is 22.9. The molecule has 12 nitrogen and oxygen atoms in total. The molecule has 3 aromatic heterocycles. The first kappa shape index (κ1) is 29.6. The number of pyridine rings is 2. The third kappa shape index (κ3) is 7.24. The number of carbonyl (C=O) groups is 1. The number of nitriles is 1. The van der Waals surface area contributed by atoms with Crippen molar-refractivity contribution in [3.05, 3.63) is 72.8 Å². The van der Waals surface area contributed by atoms with Crippen LogP contribution in [0, 0.1) is 11.3 Å². The van der Waals surface area contributed by atoms with E-state index in [4.69, 9.17) is 9.26 Å². The summed E-state index contributed by atoms with van der Waals surface area (Å²) in [6, 6.07) is 12.7. The van der Waals surface area contributed by atoms with Gasteiger partial charge in [-0.3, -0.25) is 9.32 Å². The number of rotatable bonds is 10. The summed E-state index contributed by atoms with van der Waals surface area (Å²) in [5.41, 5.74) is 3.98. The molecule has 0 saturated carbocycles. The normalized spacial score (nSPS) is 11.8. The van der Waals surface area contributed by atoms with Crippen LogP contribution in [0.2, 0.25) is 0 Å². The molecule has 0 unspecified atom stereocenters. The molecule has 0 radical (unpaired) electrons. The Morgan fingerprint density at radius 1 is 1.12 bits per heavy atom. The second kappa shape index (κ2) is 12.4. The first-order chi connectivity index (χ1) is 19.5. The Hall–Kier alpha value is -4.37. The van der Waals surface area contributed by atoms with E-state index in [-0.39, 0.29) is 11.6 Å². The predicted octanol–water partition coefficient (Wildman–Crippen LogP) is 3.79. The lowest BCUT2D eigenvalue weighted by Gasteiger charge is -2.18. The first-order valence-corrected chi connectivity index (χ1v) is 13.9. The van der Waals surface area contributed by atoms with E-state index in [0.29, 0.717) is 45.7 Å². The van der Waals surface area contributed by atoms with Gasteiger partial charge in [0.2, 0.25) is 5.91 Å². The number of fused-ring (bicyclic) bond motifs is 1. The highest BCUT2D eigenvalue weighted by molar-refractivity contribution is 7.46. The van der Waals surface area contributed by atoms with E-state index in [0.717, 1.165) is 5.56 Å². The lowest BCUT2D eigenvalue weighted by atomic mass is 10.0. The summed E-state index contributed by atoms with van der Waals surface area (Å²) in [6.07, 6.45) is 8.08. The molecule has 1 amide bonds. The maximum absolute atomic E-state index is 12.8. The van der Waals surface area contributed by atoms with Crippen LogP contribution in [0.25, 0.3) is 33.3 Å². The van der Waals surface area contributed by atoms with Gasteiger partial charge in [-0.15, -0.1) is 0 Å². The zero-order valence-corrected chi connectivity index (χ0v) is 23.8. The molecular formula is C28H29N6O6P. The lowest BCUT2D eigenvalue weighted by molar-refractivity contribution is -0.113. The number of aromatic nitrogens is 3. The summed E-state index contributed by atoms with van der Waals surface area (Å²) in [5, 5.41) is 9.99. The zero-order chi connectivity index (χ0) is 29.7. The topological polar surface area (TPSA) is 154 Å². The molecule has 3 heterocycles. The van der Waals surface area contributed by atoms with Gasteiger partial charge in [0.25, 0.3) is 0 Å². The van der Waals surface area contributed by atoms with Gasteiger partial charge in [-0.05, 0) is 55.6 Å². The van der Waals surface area contributed by atoms with Crippen LogP contribution < -0.4 is 9.64 Å². The average Bonchev–Trinajstić information content (AvgIpc) is 3.32. The number of phosphoric acid groups is 1. The second-order valence-electron chi connectivity index (χ2n) is 9.38. The van der Waals surface area contributed by atoms with Crippen molar-refractivity contribution in [1.29, 1.82) is 5.26 Å². The number of carbonyl (C=O) groups excluding carboxylic acids is 1. The molecule has 0 atom stereocenters. The van der Waals surface area contributed by atoms with Crippen molar-refractivity contribution in [3.8, 4) is 34.1 Å². The minimum absolute atomic E-state index is 0.199. The molecule has 2 N–H and O–H groups in total. The maximum Gasteiger partial charge on any atom is 0.471 e. The molecule has 1 aromatic carbocycles. The van der Waals surface area contributed by atoms with Crippen LogP contribution >= 0.6 is 7.82 Å². The van der Waals surface area contributed by atoms with E-state index in [2.05, 4.69) is 9.97 Å². The number of benzene rings is 1. The molecule has 13 heteroatoms. The number of phosphoric ester groups is 1. The molecule has 4 rings (SSSR count). The van der Waals surface area contributed by atoms with E-state index >= 15 is 0 Å². The van der Waals surface area contributed by atoms with Crippen LogP contribution in [0.5, 0.6) is 5.75 Å². The highest BCUT2D eigenvalue weighted by Gasteiger charge is 2.19. The number of ether oxygens (including phenoxy) is 1. The van der Waals surface area contributed by atoms with Crippen LogP contribution in [0.4, 0.5) is 5.69 Å².